The summed E-state index contributed by atoms with van der Waals surface area (Å²) in [6.45, 7) is 2.17. The number of alkyl halides is 1. The third kappa shape index (κ3) is 2.07. The summed E-state index contributed by atoms with van der Waals surface area (Å²) in [5.41, 5.74) is 0.659. The van der Waals surface area contributed by atoms with Crippen LogP contribution in [0.3, 0.4) is 0 Å². The Hall–Kier alpha value is -0.670. The molecule has 0 aromatic carbocycles. The van der Waals surface area contributed by atoms with Gasteiger partial charge in [-0.2, -0.15) is 0 Å². The maximum absolute atomic E-state index is 12.5. The molecule has 6 atom stereocenters. The predicted molar refractivity (Wildman–Crippen MR) is 92.8 cm³/mol. The normalized spacial score (nSPS) is 46.0. The highest BCUT2D eigenvalue weighted by molar-refractivity contribution is 6.18. The van der Waals surface area contributed by atoms with Gasteiger partial charge in [0.2, 0.25) is 0 Å². The summed E-state index contributed by atoms with van der Waals surface area (Å²) in [6, 6.07) is 0. The SMILES string of the molecule is C[C@]12CC[C@H]3[C@@H](CCC4=CC(=O)CC[C@@]43[C@@H](O)CCl)[C@@H]1CCC2=O. The van der Waals surface area contributed by atoms with Gasteiger partial charge in [-0.1, -0.05) is 12.5 Å². The lowest BCUT2D eigenvalue weighted by atomic mass is 9.46. The molecule has 3 fully saturated rings. The molecule has 4 rings (SSSR count). The van der Waals surface area contributed by atoms with Crippen molar-refractivity contribution in [3.63, 3.8) is 0 Å². The smallest absolute Gasteiger partial charge is 0.155 e. The largest absolute Gasteiger partial charge is 0.391 e. The van der Waals surface area contributed by atoms with E-state index in [0.29, 0.717) is 30.0 Å². The van der Waals surface area contributed by atoms with Gasteiger partial charge in [0.1, 0.15) is 5.78 Å². The Kier molecular flexibility index (Phi) is 3.96. The van der Waals surface area contributed by atoms with Crippen LogP contribution in [0.25, 0.3) is 0 Å². The lowest BCUT2D eigenvalue weighted by Crippen LogP contribution is -2.56. The molecule has 0 heterocycles. The quantitative estimate of drug-likeness (QED) is 0.773. The van der Waals surface area contributed by atoms with E-state index in [0.717, 1.165) is 50.5 Å². The number of halogens is 1. The fraction of sp³-hybridized carbons (Fsp3) is 0.800. The fourth-order valence-electron chi connectivity index (χ4n) is 6.81. The number of fused-ring (bicyclic) bond motifs is 5. The number of hydrogen-bond donors (Lipinski definition) is 1. The zero-order chi connectivity index (χ0) is 17.1. The molecular weight excluding hydrogens is 324 g/mol. The Morgan fingerprint density at radius 1 is 1.17 bits per heavy atom. The van der Waals surface area contributed by atoms with Crippen molar-refractivity contribution in [3.8, 4) is 0 Å². The number of carbonyl (C=O) groups is 2. The fourth-order valence-corrected chi connectivity index (χ4v) is 7.08. The van der Waals surface area contributed by atoms with Crippen LogP contribution in [0, 0.1) is 28.6 Å². The van der Waals surface area contributed by atoms with Crippen LogP contribution in [0.1, 0.15) is 58.3 Å². The van der Waals surface area contributed by atoms with Crippen LogP contribution in [0.2, 0.25) is 0 Å². The number of aliphatic hydroxyl groups excluding tert-OH is 1. The second-order valence-electron chi connectivity index (χ2n) is 8.68. The van der Waals surface area contributed by atoms with Gasteiger partial charge in [0.05, 0.1) is 6.10 Å². The van der Waals surface area contributed by atoms with Crippen molar-refractivity contribution in [1.29, 1.82) is 0 Å². The van der Waals surface area contributed by atoms with E-state index in [1.807, 2.05) is 6.08 Å². The van der Waals surface area contributed by atoms with Crippen LogP contribution < -0.4 is 0 Å². The van der Waals surface area contributed by atoms with E-state index in [9.17, 15) is 14.7 Å². The molecule has 0 amide bonds. The van der Waals surface area contributed by atoms with Crippen molar-refractivity contribution < 1.29 is 14.7 Å². The van der Waals surface area contributed by atoms with Gasteiger partial charge in [-0.15, -0.1) is 11.6 Å². The average molecular weight is 351 g/mol. The van der Waals surface area contributed by atoms with Gasteiger partial charge >= 0.3 is 0 Å². The van der Waals surface area contributed by atoms with E-state index in [-0.39, 0.29) is 22.5 Å². The van der Waals surface area contributed by atoms with Crippen LogP contribution >= 0.6 is 11.6 Å². The third-order valence-corrected chi connectivity index (χ3v) is 8.31. The molecule has 0 unspecified atom stereocenters. The number of hydrogen-bond acceptors (Lipinski definition) is 3. The van der Waals surface area contributed by atoms with E-state index < -0.39 is 6.10 Å². The average Bonchev–Trinajstić information content (AvgIpc) is 2.89. The predicted octanol–water partition coefficient (Wildman–Crippen LogP) is 3.67. The van der Waals surface area contributed by atoms with Gasteiger partial charge in [-0.05, 0) is 62.4 Å². The summed E-state index contributed by atoms with van der Waals surface area (Å²) in [4.78, 5) is 24.4. The highest BCUT2D eigenvalue weighted by atomic mass is 35.5. The number of carbonyl (C=O) groups excluding carboxylic acids is 2. The zero-order valence-electron chi connectivity index (χ0n) is 14.4. The number of rotatable bonds is 2. The molecule has 0 spiro atoms. The summed E-state index contributed by atoms with van der Waals surface area (Å²) < 4.78 is 0. The first-order valence-electron chi connectivity index (χ1n) is 9.44. The maximum Gasteiger partial charge on any atom is 0.155 e. The first-order valence-corrected chi connectivity index (χ1v) is 9.98. The minimum atomic E-state index is -0.590. The molecule has 0 aromatic heterocycles. The number of ketones is 2. The Morgan fingerprint density at radius 2 is 1.96 bits per heavy atom. The van der Waals surface area contributed by atoms with Crippen LogP contribution in [0.15, 0.2) is 11.6 Å². The Labute approximate surface area is 148 Å². The van der Waals surface area contributed by atoms with E-state index in [2.05, 4.69) is 6.92 Å². The van der Waals surface area contributed by atoms with Crippen LogP contribution in [0.4, 0.5) is 0 Å². The first kappa shape index (κ1) is 16.8. The summed E-state index contributed by atoms with van der Waals surface area (Å²) in [6.07, 6.45) is 8.01. The molecule has 0 bridgehead atoms. The lowest BCUT2D eigenvalue weighted by Gasteiger charge is -2.59. The molecular formula is C20H27ClO3. The number of Topliss-reactive ketones (excluding diaryl/α,β-unsaturated/α-hetero) is 1. The molecule has 4 aliphatic carbocycles. The van der Waals surface area contributed by atoms with Gasteiger partial charge in [0, 0.05) is 29.6 Å². The molecule has 0 saturated heterocycles. The summed E-state index contributed by atoms with van der Waals surface area (Å²) in [5, 5.41) is 10.9. The van der Waals surface area contributed by atoms with Gasteiger partial charge in [0.25, 0.3) is 0 Å². The zero-order valence-corrected chi connectivity index (χ0v) is 15.1. The molecule has 0 aromatic rings. The van der Waals surface area contributed by atoms with Crippen molar-refractivity contribution >= 4 is 23.2 Å². The molecule has 4 aliphatic rings. The van der Waals surface area contributed by atoms with Gasteiger partial charge in [-0.3, -0.25) is 9.59 Å². The second-order valence-corrected chi connectivity index (χ2v) is 8.99. The Bertz CT molecular complexity index is 612. The third-order valence-electron chi connectivity index (χ3n) is 8.01. The van der Waals surface area contributed by atoms with Crippen LogP contribution in [-0.4, -0.2) is 28.7 Å². The highest BCUT2D eigenvalue weighted by Gasteiger charge is 2.61. The summed E-state index contributed by atoms with van der Waals surface area (Å²) in [7, 11) is 0. The molecule has 4 heteroatoms. The van der Waals surface area contributed by atoms with Crippen molar-refractivity contribution in [2.45, 2.75) is 64.4 Å². The second kappa shape index (κ2) is 5.67. The minimum Gasteiger partial charge on any atom is -0.391 e. The molecule has 24 heavy (non-hydrogen) atoms. The Balaban J connectivity index is 1.76. The van der Waals surface area contributed by atoms with E-state index >= 15 is 0 Å². The van der Waals surface area contributed by atoms with Crippen molar-refractivity contribution in [3.05, 3.63) is 11.6 Å². The van der Waals surface area contributed by atoms with Crippen LogP contribution in [0.5, 0.6) is 0 Å². The van der Waals surface area contributed by atoms with Crippen molar-refractivity contribution in [1.82, 2.24) is 0 Å². The van der Waals surface area contributed by atoms with E-state index in [1.165, 1.54) is 0 Å². The highest BCUT2D eigenvalue weighted by Crippen LogP contribution is 2.65. The number of aliphatic hydroxyl groups is 1. The molecule has 3 nitrogen and oxygen atoms in total. The van der Waals surface area contributed by atoms with Gasteiger partial charge in [-0.25, -0.2) is 0 Å². The monoisotopic (exact) mass is 350 g/mol. The van der Waals surface area contributed by atoms with E-state index in [1.54, 1.807) is 0 Å². The molecule has 0 radical (unpaired) electrons. The molecule has 3 saturated carbocycles. The molecule has 1 N–H and O–H groups in total. The molecule has 0 aliphatic heterocycles. The van der Waals surface area contributed by atoms with Crippen LogP contribution in [-0.2, 0) is 9.59 Å². The van der Waals surface area contributed by atoms with Gasteiger partial charge < -0.3 is 5.11 Å². The maximum atomic E-state index is 12.5. The van der Waals surface area contributed by atoms with Crippen molar-refractivity contribution in [2.75, 3.05) is 5.88 Å². The Morgan fingerprint density at radius 3 is 2.71 bits per heavy atom. The van der Waals surface area contributed by atoms with Gasteiger partial charge in [0.15, 0.2) is 5.78 Å². The van der Waals surface area contributed by atoms with Crippen molar-refractivity contribution in [2.24, 2.45) is 28.6 Å². The lowest BCUT2D eigenvalue weighted by molar-refractivity contribution is -0.136. The summed E-state index contributed by atoms with van der Waals surface area (Å²) >= 11 is 6.11. The first-order chi connectivity index (χ1) is 11.4. The minimum absolute atomic E-state index is 0.153. The topological polar surface area (TPSA) is 54.4 Å². The summed E-state index contributed by atoms with van der Waals surface area (Å²) in [5.74, 6) is 2.15. The van der Waals surface area contributed by atoms with E-state index in [4.69, 9.17) is 11.6 Å². The standard InChI is InChI=1S/C20H27ClO3/c1-19-8-7-16-14(15(19)4-5-17(19)23)3-2-12-10-13(22)6-9-20(12,16)18(24)11-21/h10,14-16,18,24H,2-9,11H2,1H3/t14-,15-,16-,18-,19-,20+/m0/s1. The molecule has 132 valence electrons.